The number of benzene rings is 1. The highest BCUT2D eigenvalue weighted by molar-refractivity contribution is 9.09. The molecule has 0 amide bonds. The lowest BCUT2D eigenvalue weighted by atomic mass is 10.1. The van der Waals surface area contributed by atoms with Crippen LogP contribution in [0.5, 0.6) is 0 Å². The molecule has 0 saturated carbocycles. The van der Waals surface area contributed by atoms with Crippen molar-refractivity contribution in [3.8, 4) is 0 Å². The summed E-state index contributed by atoms with van der Waals surface area (Å²) in [5, 5.41) is 10.5. The summed E-state index contributed by atoms with van der Waals surface area (Å²) in [6.07, 6.45) is 0. The van der Waals surface area contributed by atoms with Gasteiger partial charge in [-0.05, 0) is 12.1 Å². The van der Waals surface area contributed by atoms with Gasteiger partial charge in [-0.15, -0.1) is 0 Å². The van der Waals surface area contributed by atoms with Gasteiger partial charge in [0, 0.05) is 5.56 Å². The fourth-order valence-corrected chi connectivity index (χ4v) is 1.67. The van der Waals surface area contributed by atoms with Gasteiger partial charge in [-0.3, -0.25) is 14.9 Å². The van der Waals surface area contributed by atoms with E-state index in [1.54, 1.807) is 0 Å². The molecule has 2 N–H and O–H groups in total. The van der Waals surface area contributed by atoms with Crippen LogP contribution in [0.3, 0.4) is 0 Å². The first-order valence-electron chi connectivity index (χ1n) is 3.80. The predicted octanol–water partition coefficient (Wildman–Crippen LogP) is 2.41. The normalized spacial score (nSPS) is 10.0. The lowest BCUT2D eigenvalue weighted by molar-refractivity contribution is -0.383. The Morgan fingerprint density at radius 1 is 1.60 bits per heavy atom. The Kier molecular flexibility index (Phi) is 3.65. The molecule has 0 unspecified atom stereocenters. The van der Waals surface area contributed by atoms with Gasteiger partial charge in [0.05, 0.1) is 10.3 Å². The maximum Gasteiger partial charge on any atom is 0.310 e. The van der Waals surface area contributed by atoms with Crippen molar-refractivity contribution in [2.45, 2.75) is 0 Å². The average Bonchev–Trinajstić information content (AvgIpc) is 2.14. The fourth-order valence-electron chi connectivity index (χ4n) is 1.05. The third kappa shape index (κ3) is 2.45. The number of nitro groups is 1. The van der Waals surface area contributed by atoms with E-state index in [4.69, 9.17) is 17.3 Å². The molecular formula is C8H6BrClN2O3. The van der Waals surface area contributed by atoms with E-state index in [1.807, 2.05) is 0 Å². The van der Waals surface area contributed by atoms with Gasteiger partial charge in [-0.1, -0.05) is 27.5 Å². The molecule has 0 saturated heterocycles. The van der Waals surface area contributed by atoms with Gasteiger partial charge in [-0.2, -0.15) is 0 Å². The number of carbonyl (C=O) groups is 1. The number of hydrogen-bond donors (Lipinski definition) is 1. The number of nitro benzene ring substituents is 1. The topological polar surface area (TPSA) is 86.2 Å². The van der Waals surface area contributed by atoms with Gasteiger partial charge < -0.3 is 5.73 Å². The number of nitrogens with zero attached hydrogens (tertiary/aromatic N) is 1. The molecule has 5 nitrogen and oxygen atoms in total. The van der Waals surface area contributed by atoms with Gasteiger partial charge in [0.2, 0.25) is 0 Å². The molecule has 0 fully saturated rings. The van der Waals surface area contributed by atoms with E-state index < -0.39 is 4.92 Å². The third-order valence-corrected chi connectivity index (χ3v) is 2.52. The second-order valence-electron chi connectivity index (χ2n) is 2.71. The summed E-state index contributed by atoms with van der Waals surface area (Å²) >= 11 is 8.62. The monoisotopic (exact) mass is 292 g/mol. The van der Waals surface area contributed by atoms with E-state index in [0.29, 0.717) is 0 Å². The minimum atomic E-state index is -0.680. The molecule has 0 atom stereocenters. The van der Waals surface area contributed by atoms with Crippen LogP contribution in [0.2, 0.25) is 5.02 Å². The quantitative estimate of drug-likeness (QED) is 0.305. The summed E-state index contributed by atoms with van der Waals surface area (Å²) in [4.78, 5) is 21.1. The third-order valence-electron chi connectivity index (χ3n) is 1.72. The zero-order chi connectivity index (χ0) is 11.6. The Morgan fingerprint density at radius 2 is 2.20 bits per heavy atom. The van der Waals surface area contributed by atoms with Crippen molar-refractivity contribution in [2.75, 3.05) is 11.1 Å². The molecule has 15 heavy (non-hydrogen) atoms. The SMILES string of the molecule is Nc1cc(C(=O)CBr)cc(Cl)c1[N+](=O)[O-]. The molecule has 80 valence electrons. The molecule has 7 heteroatoms. The first-order valence-corrected chi connectivity index (χ1v) is 5.30. The van der Waals surface area contributed by atoms with Crippen LogP contribution in [0.1, 0.15) is 10.4 Å². The number of ketones is 1. The highest BCUT2D eigenvalue weighted by atomic mass is 79.9. The molecule has 0 bridgehead atoms. The Hall–Kier alpha value is -1.14. The Balaban J connectivity index is 3.31. The van der Waals surface area contributed by atoms with Crippen molar-refractivity contribution in [3.05, 3.63) is 32.8 Å². The molecular weight excluding hydrogens is 287 g/mol. The number of carbonyl (C=O) groups excluding carboxylic acids is 1. The highest BCUT2D eigenvalue weighted by Gasteiger charge is 2.19. The van der Waals surface area contributed by atoms with Crippen LogP contribution in [0, 0.1) is 10.1 Å². The van der Waals surface area contributed by atoms with E-state index in [1.165, 1.54) is 12.1 Å². The van der Waals surface area contributed by atoms with Gasteiger partial charge >= 0.3 is 5.69 Å². The fraction of sp³-hybridized carbons (Fsp3) is 0.125. The molecule has 0 heterocycles. The van der Waals surface area contributed by atoms with Crippen LogP contribution >= 0.6 is 27.5 Å². The highest BCUT2D eigenvalue weighted by Crippen LogP contribution is 2.32. The Morgan fingerprint density at radius 3 is 2.60 bits per heavy atom. The lowest BCUT2D eigenvalue weighted by Gasteiger charge is -2.02. The molecule has 0 aromatic heterocycles. The first-order chi connectivity index (χ1) is 6.97. The number of anilines is 1. The number of nitrogens with two attached hydrogens (primary N) is 1. The summed E-state index contributed by atoms with van der Waals surface area (Å²) in [6, 6.07) is 2.48. The molecule has 0 spiro atoms. The van der Waals surface area contributed by atoms with Crippen LogP contribution in [0.25, 0.3) is 0 Å². The maximum absolute atomic E-state index is 11.3. The van der Waals surface area contributed by atoms with Gasteiger partial charge in [0.15, 0.2) is 5.78 Å². The number of Topliss-reactive ketones (excluding diaryl/α,β-unsaturated/α-hetero) is 1. The zero-order valence-electron chi connectivity index (χ0n) is 7.37. The summed E-state index contributed by atoms with van der Waals surface area (Å²) < 4.78 is 0. The van der Waals surface area contributed by atoms with E-state index in [-0.39, 0.29) is 33.1 Å². The van der Waals surface area contributed by atoms with E-state index in [2.05, 4.69) is 15.9 Å². The summed E-state index contributed by atoms with van der Waals surface area (Å²) in [7, 11) is 0. The van der Waals surface area contributed by atoms with Crippen LogP contribution in [-0.2, 0) is 0 Å². The van der Waals surface area contributed by atoms with E-state index in [9.17, 15) is 14.9 Å². The largest absolute Gasteiger partial charge is 0.393 e. The molecule has 0 aliphatic rings. The number of hydrogen-bond acceptors (Lipinski definition) is 4. The Bertz CT molecular complexity index is 413. The van der Waals surface area contributed by atoms with Crippen LogP contribution in [0.15, 0.2) is 12.1 Å². The second-order valence-corrected chi connectivity index (χ2v) is 3.68. The van der Waals surface area contributed by atoms with Crippen LogP contribution in [0.4, 0.5) is 11.4 Å². The van der Waals surface area contributed by atoms with E-state index in [0.717, 1.165) is 0 Å². The standard InChI is InChI=1S/C8H6BrClN2O3/c9-3-7(13)4-1-5(10)8(12(14)15)6(11)2-4/h1-2H,3,11H2. The molecule has 1 rings (SSSR count). The molecule has 1 aromatic rings. The van der Waals surface area contributed by atoms with Gasteiger partial charge in [-0.25, -0.2) is 0 Å². The molecule has 1 aromatic carbocycles. The summed E-state index contributed by atoms with van der Waals surface area (Å²) in [6.45, 7) is 0. The van der Waals surface area contributed by atoms with Crippen molar-refractivity contribution in [1.29, 1.82) is 0 Å². The minimum absolute atomic E-state index is 0.112. The lowest BCUT2D eigenvalue weighted by Crippen LogP contribution is -2.04. The summed E-state index contributed by atoms with van der Waals surface area (Å²) in [5.74, 6) is -0.238. The molecule has 0 aliphatic heterocycles. The smallest absolute Gasteiger partial charge is 0.310 e. The second kappa shape index (κ2) is 4.59. The number of alkyl halides is 1. The van der Waals surface area contributed by atoms with Crippen LogP contribution in [-0.4, -0.2) is 16.0 Å². The van der Waals surface area contributed by atoms with E-state index >= 15 is 0 Å². The van der Waals surface area contributed by atoms with Crippen molar-refractivity contribution in [3.63, 3.8) is 0 Å². The number of rotatable bonds is 3. The zero-order valence-corrected chi connectivity index (χ0v) is 9.71. The van der Waals surface area contributed by atoms with Crippen molar-refractivity contribution in [1.82, 2.24) is 0 Å². The summed E-state index contributed by atoms with van der Waals surface area (Å²) in [5.41, 5.74) is 5.19. The average molecular weight is 294 g/mol. The molecule has 0 radical (unpaired) electrons. The van der Waals surface area contributed by atoms with Gasteiger partial charge in [0.25, 0.3) is 0 Å². The van der Waals surface area contributed by atoms with Crippen molar-refractivity contribution < 1.29 is 9.72 Å². The first kappa shape index (κ1) is 11.9. The Labute approximate surface area is 98.5 Å². The maximum atomic E-state index is 11.3. The van der Waals surface area contributed by atoms with Crippen molar-refractivity contribution in [2.24, 2.45) is 0 Å². The van der Waals surface area contributed by atoms with Crippen molar-refractivity contribution >= 4 is 44.7 Å². The predicted molar refractivity (Wildman–Crippen MR) is 60.6 cm³/mol. The molecule has 0 aliphatic carbocycles. The minimum Gasteiger partial charge on any atom is -0.393 e. The van der Waals surface area contributed by atoms with Crippen LogP contribution < -0.4 is 5.73 Å². The number of nitrogen functional groups attached to an aromatic ring is 1. The van der Waals surface area contributed by atoms with Gasteiger partial charge in [0.1, 0.15) is 10.7 Å². The number of halogens is 2.